The van der Waals surface area contributed by atoms with Gasteiger partial charge >= 0.3 is 24.3 Å². The minimum atomic E-state index is -4.86. The number of hydrogen-bond donors (Lipinski definition) is 0. The summed E-state index contributed by atoms with van der Waals surface area (Å²) in [6.45, 7) is -1.57. The van der Waals surface area contributed by atoms with Crippen molar-refractivity contribution in [3.63, 3.8) is 0 Å². The predicted molar refractivity (Wildman–Crippen MR) is 127 cm³/mol. The summed E-state index contributed by atoms with van der Waals surface area (Å²) in [6, 6.07) is 14.2. The van der Waals surface area contributed by atoms with Crippen LogP contribution in [0.3, 0.4) is 0 Å². The highest BCUT2D eigenvalue weighted by molar-refractivity contribution is 7.99. The van der Waals surface area contributed by atoms with Crippen LogP contribution in [0.25, 0.3) is 0 Å². The third kappa shape index (κ3) is 5.95. The van der Waals surface area contributed by atoms with Gasteiger partial charge in [-0.1, -0.05) is 42.5 Å². The Bertz CT molecular complexity index is 1340. The highest BCUT2D eigenvalue weighted by Crippen LogP contribution is 2.41. The summed E-state index contributed by atoms with van der Waals surface area (Å²) in [4.78, 5) is 39.5. The summed E-state index contributed by atoms with van der Waals surface area (Å²) in [6.07, 6.45) is -9.71. The first-order chi connectivity index (χ1) is 18.3. The minimum absolute atomic E-state index is 0.120. The summed E-state index contributed by atoms with van der Waals surface area (Å²) in [5.41, 5.74) is -5.64. The number of hydrogen-bond acceptors (Lipinski definition) is 6. The summed E-state index contributed by atoms with van der Waals surface area (Å²) < 4.78 is 90.7. The van der Waals surface area contributed by atoms with Gasteiger partial charge < -0.3 is 9.47 Å². The number of carbonyl (C=O) groups excluding carboxylic acids is 3. The van der Waals surface area contributed by atoms with Crippen molar-refractivity contribution in [2.24, 2.45) is 5.41 Å². The molecule has 1 aliphatic heterocycles. The summed E-state index contributed by atoms with van der Waals surface area (Å²) >= 11 is 1.15. The van der Waals surface area contributed by atoms with E-state index >= 15 is 0 Å². The molecule has 204 valence electrons. The van der Waals surface area contributed by atoms with Gasteiger partial charge in [-0.2, -0.15) is 26.3 Å². The van der Waals surface area contributed by atoms with E-state index < -0.39 is 71.0 Å². The van der Waals surface area contributed by atoms with Crippen molar-refractivity contribution in [2.45, 2.75) is 17.2 Å². The van der Waals surface area contributed by atoms with E-state index in [0.717, 1.165) is 36.0 Å². The number of ether oxygens (including phenoxy) is 2. The zero-order valence-electron chi connectivity index (χ0n) is 19.8. The van der Waals surface area contributed by atoms with Crippen LogP contribution in [-0.2, 0) is 21.8 Å². The maximum atomic E-state index is 13.5. The molecule has 0 saturated heterocycles. The number of benzene rings is 3. The van der Waals surface area contributed by atoms with Crippen LogP contribution in [-0.4, -0.2) is 36.7 Å². The Kier molecular flexibility index (Phi) is 7.78. The maximum Gasteiger partial charge on any atom is 0.417 e. The Labute approximate surface area is 222 Å². The van der Waals surface area contributed by atoms with Gasteiger partial charge in [-0.05, 0) is 30.3 Å². The highest BCUT2D eigenvalue weighted by atomic mass is 32.2. The molecule has 0 radical (unpaired) electrons. The summed E-state index contributed by atoms with van der Waals surface area (Å²) in [5.74, 6) is -3.49. The number of halogens is 6. The lowest BCUT2D eigenvalue weighted by atomic mass is 9.82. The Hall–Kier alpha value is -3.80. The van der Waals surface area contributed by atoms with E-state index in [0.29, 0.717) is 17.0 Å². The first-order valence-corrected chi connectivity index (χ1v) is 12.3. The van der Waals surface area contributed by atoms with Crippen LogP contribution in [0.15, 0.2) is 77.7 Å². The number of fused-ring (bicyclic) bond motifs is 1. The molecule has 0 fully saturated rings. The average molecular weight is 568 g/mol. The van der Waals surface area contributed by atoms with Crippen LogP contribution in [0.5, 0.6) is 0 Å². The first-order valence-electron chi connectivity index (χ1n) is 11.3. The molecule has 39 heavy (non-hydrogen) atoms. The van der Waals surface area contributed by atoms with Crippen LogP contribution in [0.2, 0.25) is 0 Å². The van der Waals surface area contributed by atoms with Crippen molar-refractivity contribution in [1.29, 1.82) is 0 Å². The first kappa shape index (κ1) is 28.2. The molecule has 12 heteroatoms. The molecular weight excluding hydrogens is 550 g/mol. The van der Waals surface area contributed by atoms with E-state index in [2.05, 4.69) is 0 Å². The summed E-state index contributed by atoms with van der Waals surface area (Å²) in [7, 11) is 0. The highest BCUT2D eigenvalue weighted by Gasteiger charge is 2.47. The van der Waals surface area contributed by atoms with E-state index in [9.17, 15) is 40.7 Å². The van der Waals surface area contributed by atoms with Crippen LogP contribution in [0.4, 0.5) is 26.3 Å². The molecule has 3 aromatic rings. The van der Waals surface area contributed by atoms with Crippen LogP contribution >= 0.6 is 11.8 Å². The molecular formula is C27H18F6O5S. The molecule has 0 bridgehead atoms. The molecule has 1 aliphatic rings. The molecule has 0 unspecified atom stereocenters. The third-order valence-electron chi connectivity index (χ3n) is 5.98. The maximum absolute atomic E-state index is 13.5. The molecule has 1 heterocycles. The van der Waals surface area contributed by atoms with Gasteiger partial charge in [0.15, 0.2) is 5.78 Å². The lowest BCUT2D eigenvalue weighted by Crippen LogP contribution is -2.46. The molecule has 3 aromatic carbocycles. The smallest absolute Gasteiger partial charge is 0.417 e. The van der Waals surface area contributed by atoms with Gasteiger partial charge in [0.2, 0.25) is 0 Å². The number of Topliss-reactive ketones (excluding diaryl/α,β-unsaturated/α-hetero) is 1. The molecule has 0 aliphatic carbocycles. The van der Waals surface area contributed by atoms with Crippen molar-refractivity contribution < 1.29 is 50.2 Å². The number of rotatable bonds is 6. The molecule has 0 atom stereocenters. The molecule has 0 aromatic heterocycles. The second kappa shape index (κ2) is 10.8. The fourth-order valence-electron chi connectivity index (χ4n) is 3.98. The van der Waals surface area contributed by atoms with Gasteiger partial charge in [-0.3, -0.25) is 4.79 Å². The largest absolute Gasteiger partial charge is 0.461 e. The van der Waals surface area contributed by atoms with Crippen molar-refractivity contribution >= 4 is 29.5 Å². The molecule has 0 spiro atoms. The second-order valence-electron chi connectivity index (χ2n) is 8.63. The van der Waals surface area contributed by atoms with E-state index in [1.165, 1.54) is 18.2 Å². The SMILES string of the molecule is O=C(OCC1(COC(=O)c2ccccc2C(F)(F)F)CSc2ccccc2C1=O)c1ccccc1C(F)(F)F. The van der Waals surface area contributed by atoms with Crippen molar-refractivity contribution in [1.82, 2.24) is 0 Å². The zero-order valence-corrected chi connectivity index (χ0v) is 20.6. The van der Waals surface area contributed by atoms with Gasteiger partial charge in [0.05, 0.1) is 22.3 Å². The Morgan fingerprint density at radius 3 is 1.64 bits per heavy atom. The monoisotopic (exact) mass is 568 g/mol. The van der Waals surface area contributed by atoms with Gasteiger partial charge in [0.25, 0.3) is 0 Å². The van der Waals surface area contributed by atoms with E-state index in [4.69, 9.17) is 9.47 Å². The van der Waals surface area contributed by atoms with Gasteiger partial charge in [-0.25, -0.2) is 9.59 Å². The molecule has 0 amide bonds. The van der Waals surface area contributed by atoms with Crippen molar-refractivity contribution in [3.8, 4) is 0 Å². The number of alkyl halides is 6. The van der Waals surface area contributed by atoms with Crippen LogP contribution in [0, 0.1) is 5.41 Å². The topological polar surface area (TPSA) is 69.7 Å². The Balaban J connectivity index is 1.62. The number of ketones is 1. The van der Waals surface area contributed by atoms with Gasteiger partial charge in [-0.15, -0.1) is 11.8 Å². The quantitative estimate of drug-likeness (QED) is 0.243. The molecule has 0 saturated carbocycles. The Morgan fingerprint density at radius 1 is 0.718 bits per heavy atom. The fourth-order valence-corrected chi connectivity index (χ4v) is 5.20. The second-order valence-corrected chi connectivity index (χ2v) is 9.65. The van der Waals surface area contributed by atoms with Crippen LogP contribution < -0.4 is 0 Å². The molecule has 5 nitrogen and oxygen atoms in total. The molecule has 0 N–H and O–H groups in total. The van der Waals surface area contributed by atoms with E-state index in [1.807, 2.05) is 0 Å². The van der Waals surface area contributed by atoms with E-state index in [1.54, 1.807) is 18.2 Å². The fraction of sp³-hybridized carbons (Fsp3) is 0.222. The minimum Gasteiger partial charge on any atom is -0.461 e. The Morgan fingerprint density at radius 2 is 1.15 bits per heavy atom. The van der Waals surface area contributed by atoms with Crippen molar-refractivity contribution in [3.05, 3.63) is 101 Å². The lowest BCUT2D eigenvalue weighted by molar-refractivity contribution is -0.138. The van der Waals surface area contributed by atoms with E-state index in [-0.39, 0.29) is 11.3 Å². The molecule has 4 rings (SSSR count). The lowest BCUT2D eigenvalue weighted by Gasteiger charge is -2.35. The standard InChI is InChI=1S/C27H18F6O5S/c28-26(29,30)19-10-4-1-7-16(19)23(35)37-13-25(15-39-21-12-6-3-9-18(21)22(25)34)14-38-24(36)17-8-2-5-11-20(17)27(31,32)33/h1-12H,13-15H2. The van der Waals surface area contributed by atoms with Crippen molar-refractivity contribution in [2.75, 3.05) is 19.0 Å². The number of esters is 2. The van der Waals surface area contributed by atoms with Crippen LogP contribution in [0.1, 0.15) is 42.2 Å². The average Bonchev–Trinajstić information content (AvgIpc) is 2.91. The third-order valence-corrected chi connectivity index (χ3v) is 7.35. The van der Waals surface area contributed by atoms with Gasteiger partial charge in [0.1, 0.15) is 18.6 Å². The normalized spacial score (nSPS) is 14.9. The number of thioether (sulfide) groups is 1. The zero-order chi connectivity index (χ0) is 28.4. The number of carbonyl (C=O) groups is 3. The predicted octanol–water partition coefficient (Wildman–Crippen LogP) is 6.71. The van der Waals surface area contributed by atoms with Gasteiger partial charge in [0, 0.05) is 16.2 Å². The summed E-state index contributed by atoms with van der Waals surface area (Å²) in [5, 5.41) is 0.